The van der Waals surface area contributed by atoms with E-state index in [1.165, 1.54) is 11.8 Å². The van der Waals surface area contributed by atoms with E-state index in [-0.39, 0.29) is 16.8 Å². The molecule has 2 aromatic rings. The first-order chi connectivity index (χ1) is 12.1. The first kappa shape index (κ1) is 17.8. The lowest BCUT2D eigenvalue weighted by Gasteiger charge is -2.25. The monoisotopic (exact) mass is 371 g/mol. The van der Waals surface area contributed by atoms with Crippen LogP contribution >= 0.6 is 23.4 Å². The van der Waals surface area contributed by atoms with Crippen LogP contribution in [0.15, 0.2) is 65.2 Å². The summed E-state index contributed by atoms with van der Waals surface area (Å²) in [7, 11) is 0. The maximum absolute atomic E-state index is 12.8. The first-order valence-electron chi connectivity index (χ1n) is 8.09. The van der Waals surface area contributed by atoms with E-state index in [9.17, 15) is 9.90 Å². The second kappa shape index (κ2) is 7.89. The number of thioether (sulfide) groups is 1. The van der Waals surface area contributed by atoms with Crippen LogP contribution in [0.4, 0.5) is 0 Å². The van der Waals surface area contributed by atoms with E-state index < -0.39 is 0 Å². The van der Waals surface area contributed by atoms with Gasteiger partial charge in [-0.25, -0.2) is 0 Å². The van der Waals surface area contributed by atoms with Crippen molar-refractivity contribution in [3.8, 4) is 0 Å². The van der Waals surface area contributed by atoms with Gasteiger partial charge >= 0.3 is 0 Å². The third-order valence-corrected chi connectivity index (χ3v) is 5.48. The summed E-state index contributed by atoms with van der Waals surface area (Å²) in [5.41, 5.74) is 1.98. The summed E-state index contributed by atoms with van der Waals surface area (Å²) in [4.78, 5) is 17.3. The molecule has 3 nitrogen and oxygen atoms in total. The minimum absolute atomic E-state index is 0.000133. The van der Waals surface area contributed by atoms with Crippen molar-refractivity contribution < 1.29 is 9.90 Å². The number of benzene rings is 2. The Kier molecular flexibility index (Phi) is 5.61. The van der Waals surface area contributed by atoms with Crippen molar-refractivity contribution in [3.63, 3.8) is 0 Å². The van der Waals surface area contributed by atoms with Crippen LogP contribution in [-0.2, 0) is 4.79 Å². The van der Waals surface area contributed by atoms with Gasteiger partial charge in [-0.3, -0.25) is 9.79 Å². The number of aliphatic hydroxyl groups excluding tert-OH is 1. The van der Waals surface area contributed by atoms with E-state index in [4.69, 9.17) is 11.6 Å². The van der Waals surface area contributed by atoms with Crippen LogP contribution in [0.2, 0.25) is 5.02 Å². The molecule has 1 aliphatic heterocycles. The standard InChI is InChI=1S/C20H18ClNO2S/c1-2-22-20-18(19(24)14-6-4-3-5-7-14)16(23)12-17(25-20)13-8-10-15(21)11-9-13/h3-11,17,24H,2,12H2,1H3/b19-18-,22-20?. The van der Waals surface area contributed by atoms with E-state index in [2.05, 4.69) is 4.99 Å². The summed E-state index contributed by atoms with van der Waals surface area (Å²) in [5, 5.41) is 11.9. The zero-order chi connectivity index (χ0) is 17.8. The molecule has 0 aliphatic carbocycles. The zero-order valence-electron chi connectivity index (χ0n) is 13.8. The van der Waals surface area contributed by atoms with E-state index in [1.807, 2.05) is 49.4 Å². The van der Waals surface area contributed by atoms with E-state index in [0.29, 0.717) is 34.2 Å². The van der Waals surface area contributed by atoms with E-state index >= 15 is 0 Å². The second-order valence-corrected chi connectivity index (χ2v) is 7.28. The normalized spacial score (nSPS) is 21.4. The van der Waals surface area contributed by atoms with Crippen molar-refractivity contribution in [2.45, 2.75) is 18.6 Å². The molecule has 2 aromatic carbocycles. The molecule has 128 valence electrons. The lowest BCUT2D eigenvalue weighted by Crippen LogP contribution is -2.22. The predicted octanol–water partition coefficient (Wildman–Crippen LogP) is 5.47. The maximum Gasteiger partial charge on any atom is 0.170 e. The number of carbonyl (C=O) groups is 1. The fraction of sp³-hybridized carbons (Fsp3) is 0.200. The smallest absolute Gasteiger partial charge is 0.170 e. The molecule has 0 aromatic heterocycles. The van der Waals surface area contributed by atoms with Crippen LogP contribution in [0, 0.1) is 0 Å². The number of hydrogen-bond acceptors (Lipinski definition) is 4. The first-order valence-corrected chi connectivity index (χ1v) is 9.34. The van der Waals surface area contributed by atoms with Crippen molar-refractivity contribution >= 4 is 39.9 Å². The molecule has 1 fully saturated rings. The Morgan fingerprint density at radius 1 is 1.20 bits per heavy atom. The number of rotatable bonds is 3. The highest BCUT2D eigenvalue weighted by Gasteiger charge is 2.33. The van der Waals surface area contributed by atoms with Crippen LogP contribution < -0.4 is 0 Å². The van der Waals surface area contributed by atoms with Gasteiger partial charge in [0.1, 0.15) is 10.8 Å². The molecule has 3 rings (SSSR count). The number of aliphatic hydroxyl groups is 1. The van der Waals surface area contributed by atoms with Crippen molar-refractivity contribution in [1.82, 2.24) is 0 Å². The van der Waals surface area contributed by atoms with Crippen molar-refractivity contribution in [1.29, 1.82) is 0 Å². The van der Waals surface area contributed by atoms with E-state index in [1.54, 1.807) is 12.1 Å². The van der Waals surface area contributed by atoms with Crippen molar-refractivity contribution in [3.05, 3.63) is 76.3 Å². The lowest BCUT2D eigenvalue weighted by molar-refractivity contribution is -0.115. The van der Waals surface area contributed by atoms with Gasteiger partial charge in [0.05, 0.1) is 5.57 Å². The summed E-state index contributed by atoms with van der Waals surface area (Å²) in [5.74, 6) is -0.0906. The molecular formula is C20H18ClNO2S. The minimum atomic E-state index is -0.0905. The van der Waals surface area contributed by atoms with Crippen LogP contribution in [0.25, 0.3) is 5.76 Å². The number of halogens is 1. The molecule has 0 bridgehead atoms. The molecule has 0 amide bonds. The summed E-state index contributed by atoms with van der Waals surface area (Å²) < 4.78 is 0. The van der Waals surface area contributed by atoms with Gasteiger partial charge in [-0.05, 0) is 24.6 Å². The predicted molar refractivity (Wildman–Crippen MR) is 105 cm³/mol. The SMILES string of the molecule is CCN=C1SC(c2ccc(Cl)cc2)CC(=O)/C1=C(/O)c1ccccc1. The Labute approximate surface area is 156 Å². The van der Waals surface area contributed by atoms with Gasteiger partial charge in [-0.2, -0.15) is 0 Å². The van der Waals surface area contributed by atoms with Crippen molar-refractivity contribution in [2.75, 3.05) is 6.54 Å². The number of nitrogens with zero attached hydrogens (tertiary/aromatic N) is 1. The molecule has 1 saturated heterocycles. The molecule has 25 heavy (non-hydrogen) atoms. The molecular weight excluding hydrogens is 354 g/mol. The Hall–Kier alpha value is -2.04. The molecule has 5 heteroatoms. The van der Waals surface area contributed by atoms with Crippen LogP contribution in [0.3, 0.4) is 0 Å². The summed E-state index contributed by atoms with van der Waals surface area (Å²) in [6.45, 7) is 2.47. The highest BCUT2D eigenvalue weighted by atomic mass is 35.5. The maximum atomic E-state index is 12.8. The molecule has 0 spiro atoms. The molecule has 1 unspecified atom stereocenters. The van der Waals surface area contributed by atoms with Crippen molar-refractivity contribution in [2.24, 2.45) is 4.99 Å². The third-order valence-electron chi connectivity index (χ3n) is 3.94. The summed E-state index contributed by atoms with van der Waals surface area (Å²) in [6, 6.07) is 16.6. The minimum Gasteiger partial charge on any atom is -0.506 e. The van der Waals surface area contributed by atoms with Gasteiger partial charge in [-0.1, -0.05) is 65.8 Å². The van der Waals surface area contributed by atoms with Gasteiger partial charge < -0.3 is 5.11 Å². The highest BCUT2D eigenvalue weighted by Crippen LogP contribution is 2.42. The number of aliphatic imine (C=N–C) groups is 1. The topological polar surface area (TPSA) is 49.7 Å². The van der Waals surface area contributed by atoms with Crippen LogP contribution in [0.5, 0.6) is 0 Å². The Morgan fingerprint density at radius 3 is 2.52 bits per heavy atom. The van der Waals surface area contributed by atoms with Crippen LogP contribution in [-0.4, -0.2) is 22.5 Å². The zero-order valence-corrected chi connectivity index (χ0v) is 15.3. The molecule has 1 atom stereocenters. The molecule has 1 heterocycles. The fourth-order valence-electron chi connectivity index (χ4n) is 2.72. The van der Waals surface area contributed by atoms with Gasteiger partial charge in [0.25, 0.3) is 0 Å². The molecule has 1 aliphatic rings. The molecule has 0 saturated carbocycles. The van der Waals surface area contributed by atoms with Gasteiger partial charge in [-0.15, -0.1) is 0 Å². The molecule has 1 N–H and O–H groups in total. The number of hydrogen-bond donors (Lipinski definition) is 1. The number of Topliss-reactive ketones (excluding diaryl/α,β-unsaturated/α-hetero) is 1. The Balaban J connectivity index is 1.98. The van der Waals surface area contributed by atoms with Gasteiger partial charge in [0.2, 0.25) is 0 Å². The largest absolute Gasteiger partial charge is 0.506 e. The van der Waals surface area contributed by atoms with Crippen LogP contribution in [0.1, 0.15) is 29.7 Å². The number of ketones is 1. The van der Waals surface area contributed by atoms with Gasteiger partial charge in [0.15, 0.2) is 5.78 Å². The Bertz CT molecular complexity index is 829. The number of carbonyl (C=O) groups excluding carboxylic acids is 1. The highest BCUT2D eigenvalue weighted by molar-refractivity contribution is 8.14. The van der Waals surface area contributed by atoms with Gasteiger partial charge in [0, 0.05) is 28.8 Å². The Morgan fingerprint density at radius 2 is 1.88 bits per heavy atom. The average molecular weight is 372 g/mol. The fourth-order valence-corrected chi connectivity index (χ4v) is 4.18. The summed E-state index contributed by atoms with van der Waals surface area (Å²) in [6.07, 6.45) is 0.321. The molecule has 0 radical (unpaired) electrons. The average Bonchev–Trinajstić information content (AvgIpc) is 2.62. The second-order valence-electron chi connectivity index (χ2n) is 5.65. The summed E-state index contributed by atoms with van der Waals surface area (Å²) >= 11 is 7.47. The van der Waals surface area contributed by atoms with E-state index in [0.717, 1.165) is 5.56 Å². The quantitative estimate of drug-likeness (QED) is 0.574. The lowest BCUT2D eigenvalue weighted by atomic mass is 9.99. The third kappa shape index (κ3) is 3.97.